The zero-order valence-corrected chi connectivity index (χ0v) is 12.5. The lowest BCUT2D eigenvalue weighted by molar-refractivity contribution is 0.445. The van der Waals surface area contributed by atoms with Crippen LogP contribution in [0.15, 0.2) is 34.3 Å². The molecule has 0 aliphatic heterocycles. The molecule has 0 fully saturated rings. The van der Waals surface area contributed by atoms with Crippen LogP contribution >= 0.6 is 0 Å². The van der Waals surface area contributed by atoms with Crippen LogP contribution in [0.5, 0.6) is 0 Å². The third-order valence-electron chi connectivity index (χ3n) is 3.11. The molecule has 0 amide bonds. The first-order valence-electron chi connectivity index (χ1n) is 6.77. The van der Waals surface area contributed by atoms with Gasteiger partial charge in [-0.05, 0) is 40.7 Å². The van der Waals surface area contributed by atoms with E-state index in [-0.39, 0.29) is 5.54 Å². The van der Waals surface area contributed by atoms with Crippen LogP contribution in [0.1, 0.15) is 39.0 Å². The first-order valence-corrected chi connectivity index (χ1v) is 6.77. The van der Waals surface area contributed by atoms with Crippen molar-refractivity contribution in [2.24, 2.45) is 0 Å². The van der Waals surface area contributed by atoms with E-state index < -0.39 is 0 Å². The van der Waals surface area contributed by atoms with E-state index in [1.807, 2.05) is 19.1 Å². The van der Waals surface area contributed by atoms with Gasteiger partial charge in [0.2, 0.25) is 0 Å². The molecule has 1 N–H and O–H groups in total. The Kier molecular flexibility index (Phi) is 3.81. The third-order valence-corrected chi connectivity index (χ3v) is 3.11. The number of hydrogen-bond acceptors (Lipinski definition) is 2. The molecule has 102 valence electrons. The average Bonchev–Trinajstić information content (AvgIpc) is 2.63. The van der Waals surface area contributed by atoms with Crippen molar-refractivity contribution < 1.29 is 4.42 Å². The van der Waals surface area contributed by atoms with Gasteiger partial charge in [0.25, 0.3) is 0 Å². The molecule has 0 unspecified atom stereocenters. The highest BCUT2D eigenvalue weighted by molar-refractivity contribution is 5.88. The van der Waals surface area contributed by atoms with Crippen LogP contribution in [0.25, 0.3) is 17.0 Å². The van der Waals surface area contributed by atoms with E-state index in [4.69, 9.17) is 4.42 Å². The number of nitrogens with one attached hydrogen (secondary N) is 1. The predicted molar refractivity (Wildman–Crippen MR) is 82.4 cm³/mol. The Morgan fingerprint density at radius 1 is 1.26 bits per heavy atom. The first kappa shape index (κ1) is 13.9. The zero-order chi connectivity index (χ0) is 14.0. The van der Waals surface area contributed by atoms with Crippen molar-refractivity contribution in [3.05, 3.63) is 41.2 Å². The van der Waals surface area contributed by atoms with Gasteiger partial charge in [0, 0.05) is 23.0 Å². The van der Waals surface area contributed by atoms with Crippen molar-refractivity contribution in [1.82, 2.24) is 5.32 Å². The number of fused-ring (bicyclic) bond motifs is 1. The van der Waals surface area contributed by atoms with Crippen molar-refractivity contribution in [2.45, 2.75) is 40.2 Å². The van der Waals surface area contributed by atoms with Gasteiger partial charge in [-0.25, -0.2) is 0 Å². The van der Waals surface area contributed by atoms with Gasteiger partial charge in [-0.2, -0.15) is 0 Å². The normalized spacial score (nSPS) is 13.2. The summed E-state index contributed by atoms with van der Waals surface area (Å²) in [5.41, 5.74) is 3.61. The molecule has 0 radical (unpaired) electrons. The highest BCUT2D eigenvalue weighted by Crippen LogP contribution is 2.27. The van der Waals surface area contributed by atoms with E-state index in [1.54, 1.807) is 0 Å². The van der Waals surface area contributed by atoms with E-state index in [2.05, 4.69) is 51.2 Å². The summed E-state index contributed by atoms with van der Waals surface area (Å²) in [7, 11) is 0. The van der Waals surface area contributed by atoms with Gasteiger partial charge in [0.05, 0.1) is 0 Å². The van der Waals surface area contributed by atoms with Crippen molar-refractivity contribution in [1.29, 1.82) is 0 Å². The lowest BCUT2D eigenvalue weighted by Gasteiger charge is -2.20. The molecule has 1 aromatic carbocycles. The smallest absolute Gasteiger partial charge is 0.134 e. The molecular weight excluding hydrogens is 234 g/mol. The van der Waals surface area contributed by atoms with Gasteiger partial charge >= 0.3 is 0 Å². The van der Waals surface area contributed by atoms with Crippen LogP contribution in [0.4, 0.5) is 0 Å². The lowest BCUT2D eigenvalue weighted by atomic mass is 10.1. The fraction of sp³-hybridized carbons (Fsp3) is 0.412. The minimum Gasteiger partial charge on any atom is -0.461 e. The Labute approximate surface area is 115 Å². The molecule has 2 heteroatoms. The predicted octanol–water partition coefficient (Wildman–Crippen LogP) is 4.53. The summed E-state index contributed by atoms with van der Waals surface area (Å²) in [5, 5.41) is 4.69. The fourth-order valence-electron chi connectivity index (χ4n) is 2.07. The summed E-state index contributed by atoms with van der Waals surface area (Å²) in [6.45, 7) is 11.6. The largest absolute Gasteiger partial charge is 0.461 e. The number of furan rings is 1. The molecule has 1 heterocycles. The second kappa shape index (κ2) is 5.22. The Bertz CT molecular complexity index is 599. The maximum Gasteiger partial charge on any atom is 0.134 e. The number of rotatable bonds is 3. The first-order chi connectivity index (χ1) is 8.87. The second-order valence-electron chi connectivity index (χ2n) is 6.16. The number of para-hydroxylation sites is 1. The van der Waals surface area contributed by atoms with Crippen LogP contribution in [0.3, 0.4) is 0 Å². The number of aryl methyl sites for hydroxylation is 1. The van der Waals surface area contributed by atoms with Crippen LogP contribution in [0, 0.1) is 6.92 Å². The molecule has 2 aromatic rings. The summed E-state index contributed by atoms with van der Waals surface area (Å²) in [6.07, 6.45) is 2.22. The lowest BCUT2D eigenvalue weighted by Crippen LogP contribution is -2.36. The molecule has 0 saturated heterocycles. The van der Waals surface area contributed by atoms with E-state index in [0.29, 0.717) is 0 Å². The number of benzene rings is 1. The van der Waals surface area contributed by atoms with Crippen LogP contribution < -0.4 is 5.32 Å². The summed E-state index contributed by atoms with van der Waals surface area (Å²) in [6, 6.07) is 8.19. The van der Waals surface area contributed by atoms with E-state index in [0.717, 1.165) is 17.9 Å². The van der Waals surface area contributed by atoms with Gasteiger partial charge in [-0.1, -0.05) is 29.8 Å². The standard InChI is InChI=1S/C17H23NO/c1-12(11-18-17(3,4)5)10-15-13(2)19-16-9-7-6-8-14(15)16/h6-10,18H,11H2,1-5H3/b12-10-. The Morgan fingerprint density at radius 2 is 1.95 bits per heavy atom. The highest BCUT2D eigenvalue weighted by atomic mass is 16.3. The summed E-state index contributed by atoms with van der Waals surface area (Å²) in [4.78, 5) is 0. The second-order valence-corrected chi connectivity index (χ2v) is 6.16. The van der Waals surface area contributed by atoms with Crippen LogP contribution in [-0.4, -0.2) is 12.1 Å². The molecule has 0 aliphatic carbocycles. The number of hydrogen-bond donors (Lipinski definition) is 1. The Balaban J connectivity index is 2.27. The monoisotopic (exact) mass is 257 g/mol. The molecule has 0 saturated carbocycles. The SMILES string of the molecule is C/C(=C/c1c(C)oc2ccccc12)CNC(C)(C)C. The maximum atomic E-state index is 5.78. The molecule has 0 spiro atoms. The summed E-state index contributed by atoms with van der Waals surface area (Å²) >= 11 is 0. The van der Waals surface area contributed by atoms with Crippen molar-refractivity contribution in [2.75, 3.05) is 6.54 Å². The van der Waals surface area contributed by atoms with Gasteiger partial charge in [0.1, 0.15) is 11.3 Å². The highest BCUT2D eigenvalue weighted by Gasteiger charge is 2.10. The molecule has 0 aliphatic rings. The minimum absolute atomic E-state index is 0.141. The topological polar surface area (TPSA) is 25.2 Å². The fourth-order valence-corrected chi connectivity index (χ4v) is 2.07. The molecule has 0 atom stereocenters. The molecule has 0 bridgehead atoms. The molecule has 2 nitrogen and oxygen atoms in total. The van der Waals surface area contributed by atoms with E-state index in [9.17, 15) is 0 Å². The van der Waals surface area contributed by atoms with Crippen molar-refractivity contribution >= 4 is 17.0 Å². The van der Waals surface area contributed by atoms with E-state index >= 15 is 0 Å². The van der Waals surface area contributed by atoms with Gasteiger partial charge in [-0.3, -0.25) is 0 Å². The molecular formula is C17H23NO. The van der Waals surface area contributed by atoms with Crippen molar-refractivity contribution in [3.63, 3.8) is 0 Å². The zero-order valence-electron chi connectivity index (χ0n) is 12.5. The van der Waals surface area contributed by atoms with Crippen molar-refractivity contribution in [3.8, 4) is 0 Å². The van der Waals surface area contributed by atoms with Gasteiger partial charge in [-0.15, -0.1) is 0 Å². The Morgan fingerprint density at radius 3 is 2.63 bits per heavy atom. The third kappa shape index (κ3) is 3.48. The molecule has 2 rings (SSSR count). The quantitative estimate of drug-likeness (QED) is 0.873. The van der Waals surface area contributed by atoms with Gasteiger partial charge < -0.3 is 9.73 Å². The van der Waals surface area contributed by atoms with Gasteiger partial charge in [0.15, 0.2) is 0 Å². The van der Waals surface area contributed by atoms with Crippen LogP contribution in [-0.2, 0) is 0 Å². The van der Waals surface area contributed by atoms with Crippen LogP contribution in [0.2, 0.25) is 0 Å². The minimum atomic E-state index is 0.141. The maximum absolute atomic E-state index is 5.78. The average molecular weight is 257 g/mol. The summed E-state index contributed by atoms with van der Waals surface area (Å²) in [5.74, 6) is 0.983. The molecule has 19 heavy (non-hydrogen) atoms. The Hall–Kier alpha value is -1.54. The van der Waals surface area contributed by atoms with E-state index in [1.165, 1.54) is 16.5 Å². The summed E-state index contributed by atoms with van der Waals surface area (Å²) < 4.78 is 5.78. The molecule has 1 aromatic heterocycles.